The number of hydrogen-bond donors (Lipinski definition) is 0. The zero-order valence-electron chi connectivity index (χ0n) is 14.0. The Kier molecular flexibility index (Phi) is 4.81. The van der Waals surface area contributed by atoms with Crippen LogP contribution in [0.2, 0.25) is 0 Å². The molecule has 1 amide bonds. The molecular weight excluding hydrogens is 306 g/mol. The van der Waals surface area contributed by atoms with E-state index in [-0.39, 0.29) is 24.2 Å². The van der Waals surface area contributed by atoms with Gasteiger partial charge in [-0.3, -0.25) is 9.59 Å². The van der Waals surface area contributed by atoms with Crippen molar-refractivity contribution < 1.29 is 18.7 Å². The number of benzene rings is 1. The van der Waals surface area contributed by atoms with Gasteiger partial charge in [0.05, 0.1) is 19.3 Å². The first-order valence-corrected chi connectivity index (χ1v) is 8.10. The van der Waals surface area contributed by atoms with Crippen molar-refractivity contribution in [2.75, 3.05) is 19.8 Å². The van der Waals surface area contributed by atoms with Gasteiger partial charge in [-0.15, -0.1) is 0 Å². The second kappa shape index (κ2) is 7.01. The zero-order chi connectivity index (χ0) is 17.1. The first kappa shape index (κ1) is 16.5. The average Bonchev–Trinajstić information content (AvgIpc) is 2.94. The maximum absolute atomic E-state index is 12.8. The van der Waals surface area contributed by atoms with Gasteiger partial charge in [-0.2, -0.15) is 0 Å². The third kappa shape index (κ3) is 3.41. The number of ether oxygens (including phenoxy) is 1. The van der Waals surface area contributed by atoms with E-state index in [1.807, 2.05) is 38.1 Å². The fraction of sp³-hybridized carbons (Fsp3) is 0.368. The fourth-order valence-corrected chi connectivity index (χ4v) is 3.03. The van der Waals surface area contributed by atoms with Crippen LogP contribution in [0.25, 0.3) is 0 Å². The number of rotatable bonds is 4. The highest BCUT2D eigenvalue weighted by atomic mass is 16.5. The molecule has 1 aromatic carbocycles. The molecule has 126 valence electrons. The molecule has 0 spiro atoms. The summed E-state index contributed by atoms with van der Waals surface area (Å²) in [7, 11) is 0. The summed E-state index contributed by atoms with van der Waals surface area (Å²) in [6.45, 7) is 4.97. The fourth-order valence-electron chi connectivity index (χ4n) is 3.03. The lowest BCUT2D eigenvalue weighted by Crippen LogP contribution is -2.49. The molecule has 5 heteroatoms. The number of carbonyl (C=O) groups is 2. The van der Waals surface area contributed by atoms with Crippen LogP contribution < -0.4 is 0 Å². The third-order valence-electron chi connectivity index (χ3n) is 4.24. The topological polar surface area (TPSA) is 59.8 Å². The average molecular weight is 327 g/mol. The second-order valence-electron chi connectivity index (χ2n) is 6.09. The van der Waals surface area contributed by atoms with Crippen molar-refractivity contribution >= 4 is 11.7 Å². The van der Waals surface area contributed by atoms with Crippen molar-refractivity contribution in [3.8, 4) is 0 Å². The van der Waals surface area contributed by atoms with Gasteiger partial charge in [0.15, 0.2) is 11.5 Å². The van der Waals surface area contributed by atoms with Crippen LogP contribution in [0, 0.1) is 13.8 Å². The molecule has 0 N–H and O–H groups in total. The van der Waals surface area contributed by atoms with Gasteiger partial charge in [-0.05, 0) is 19.9 Å². The van der Waals surface area contributed by atoms with E-state index in [1.165, 1.54) is 0 Å². The normalized spacial score (nSPS) is 17.8. The summed E-state index contributed by atoms with van der Waals surface area (Å²) in [5.41, 5.74) is 1.47. The molecule has 2 heterocycles. The Balaban J connectivity index is 1.77. The number of Topliss-reactive ketones (excluding diaryl/α,β-unsaturated/α-hetero) is 1. The predicted molar refractivity (Wildman–Crippen MR) is 89.2 cm³/mol. The van der Waals surface area contributed by atoms with Gasteiger partial charge in [0.25, 0.3) is 5.91 Å². The van der Waals surface area contributed by atoms with Crippen LogP contribution in [0.15, 0.2) is 40.8 Å². The standard InChI is InChI=1S/C19H21NO4/c1-13-10-14(2)24-18(13)19(22)20-8-9-23-12-16(20)11-17(21)15-6-4-3-5-7-15/h3-7,10,16H,8-9,11-12H2,1-2H3. The Morgan fingerprint density at radius 2 is 1.96 bits per heavy atom. The first-order chi connectivity index (χ1) is 11.6. The van der Waals surface area contributed by atoms with Crippen LogP contribution in [0.5, 0.6) is 0 Å². The molecule has 0 saturated carbocycles. The summed E-state index contributed by atoms with van der Waals surface area (Å²) in [6, 6.07) is 10.7. The Bertz CT molecular complexity index is 735. The molecule has 1 saturated heterocycles. The van der Waals surface area contributed by atoms with E-state index in [4.69, 9.17) is 9.15 Å². The number of ketones is 1. The number of amides is 1. The number of hydrogen-bond acceptors (Lipinski definition) is 4. The highest BCUT2D eigenvalue weighted by molar-refractivity contribution is 5.97. The minimum atomic E-state index is -0.274. The number of morpholine rings is 1. The number of furan rings is 1. The van der Waals surface area contributed by atoms with Gasteiger partial charge < -0.3 is 14.1 Å². The lowest BCUT2D eigenvalue weighted by Gasteiger charge is -2.35. The van der Waals surface area contributed by atoms with Crippen LogP contribution in [0.1, 0.15) is 38.7 Å². The molecule has 1 aliphatic rings. The van der Waals surface area contributed by atoms with Crippen molar-refractivity contribution in [2.24, 2.45) is 0 Å². The van der Waals surface area contributed by atoms with Gasteiger partial charge in [0, 0.05) is 24.1 Å². The summed E-state index contributed by atoms with van der Waals surface area (Å²) < 4.78 is 11.0. The molecule has 1 aliphatic heterocycles. The Hall–Kier alpha value is -2.40. The van der Waals surface area contributed by atoms with E-state index in [9.17, 15) is 9.59 Å². The first-order valence-electron chi connectivity index (χ1n) is 8.10. The SMILES string of the molecule is Cc1cc(C)c(C(=O)N2CCOCC2CC(=O)c2ccccc2)o1. The molecular formula is C19H21NO4. The molecule has 1 unspecified atom stereocenters. The third-order valence-corrected chi connectivity index (χ3v) is 4.24. The van der Waals surface area contributed by atoms with Crippen LogP contribution in [0.4, 0.5) is 0 Å². The molecule has 2 aromatic rings. The van der Waals surface area contributed by atoms with Gasteiger partial charge in [-0.25, -0.2) is 0 Å². The molecule has 1 fully saturated rings. The Morgan fingerprint density at radius 1 is 1.21 bits per heavy atom. The lowest BCUT2D eigenvalue weighted by atomic mass is 10.0. The largest absolute Gasteiger partial charge is 0.456 e. The molecule has 0 aliphatic carbocycles. The minimum absolute atomic E-state index is 0.0104. The van der Waals surface area contributed by atoms with E-state index < -0.39 is 0 Å². The summed E-state index contributed by atoms with van der Waals surface area (Å²) in [4.78, 5) is 27.0. The van der Waals surface area contributed by atoms with E-state index in [1.54, 1.807) is 17.0 Å². The highest BCUT2D eigenvalue weighted by Crippen LogP contribution is 2.21. The minimum Gasteiger partial charge on any atom is -0.456 e. The van der Waals surface area contributed by atoms with Crippen molar-refractivity contribution in [3.05, 3.63) is 59.0 Å². The van der Waals surface area contributed by atoms with Crippen LogP contribution in [-0.4, -0.2) is 42.4 Å². The second-order valence-corrected chi connectivity index (χ2v) is 6.09. The van der Waals surface area contributed by atoms with E-state index >= 15 is 0 Å². The molecule has 1 aromatic heterocycles. The maximum atomic E-state index is 12.8. The van der Waals surface area contributed by atoms with Crippen molar-refractivity contribution in [3.63, 3.8) is 0 Å². The van der Waals surface area contributed by atoms with E-state index in [0.29, 0.717) is 36.8 Å². The van der Waals surface area contributed by atoms with Gasteiger partial charge >= 0.3 is 0 Å². The monoisotopic (exact) mass is 327 g/mol. The molecule has 24 heavy (non-hydrogen) atoms. The van der Waals surface area contributed by atoms with Crippen molar-refractivity contribution in [1.29, 1.82) is 0 Å². The smallest absolute Gasteiger partial charge is 0.290 e. The summed E-state index contributed by atoms with van der Waals surface area (Å²) in [5, 5.41) is 0. The van der Waals surface area contributed by atoms with Crippen molar-refractivity contribution in [2.45, 2.75) is 26.3 Å². The van der Waals surface area contributed by atoms with Gasteiger partial charge in [0.1, 0.15) is 5.76 Å². The Morgan fingerprint density at radius 3 is 2.62 bits per heavy atom. The van der Waals surface area contributed by atoms with Crippen LogP contribution in [0.3, 0.4) is 0 Å². The van der Waals surface area contributed by atoms with Crippen molar-refractivity contribution in [1.82, 2.24) is 4.90 Å². The van der Waals surface area contributed by atoms with Crippen LogP contribution >= 0.6 is 0 Å². The highest BCUT2D eigenvalue weighted by Gasteiger charge is 2.32. The summed E-state index contributed by atoms with van der Waals surface area (Å²) in [5.74, 6) is 0.901. The number of aryl methyl sites for hydroxylation is 2. The lowest BCUT2D eigenvalue weighted by molar-refractivity contribution is -0.00441. The molecule has 0 radical (unpaired) electrons. The number of nitrogens with zero attached hydrogens (tertiary/aromatic N) is 1. The molecule has 3 rings (SSSR count). The summed E-state index contributed by atoms with van der Waals surface area (Å²) >= 11 is 0. The molecule has 1 atom stereocenters. The maximum Gasteiger partial charge on any atom is 0.290 e. The van der Waals surface area contributed by atoms with E-state index in [0.717, 1.165) is 5.56 Å². The predicted octanol–water partition coefficient (Wildman–Crippen LogP) is 3.01. The van der Waals surface area contributed by atoms with Gasteiger partial charge in [-0.1, -0.05) is 30.3 Å². The number of carbonyl (C=O) groups excluding carboxylic acids is 2. The Labute approximate surface area is 141 Å². The van der Waals surface area contributed by atoms with E-state index in [2.05, 4.69) is 0 Å². The molecule has 0 bridgehead atoms. The zero-order valence-corrected chi connectivity index (χ0v) is 14.0. The quantitative estimate of drug-likeness (QED) is 0.810. The molecule has 5 nitrogen and oxygen atoms in total. The van der Waals surface area contributed by atoms with Crippen LogP contribution in [-0.2, 0) is 4.74 Å². The van der Waals surface area contributed by atoms with Gasteiger partial charge in [0.2, 0.25) is 0 Å². The summed E-state index contributed by atoms with van der Waals surface area (Å²) in [6.07, 6.45) is 0.245.